The summed E-state index contributed by atoms with van der Waals surface area (Å²) in [7, 11) is 0. The third-order valence-corrected chi connectivity index (χ3v) is 2.29. The van der Waals surface area contributed by atoms with E-state index in [1.807, 2.05) is 0 Å². The molecule has 0 aliphatic heterocycles. The maximum absolute atomic E-state index is 10.7. The van der Waals surface area contributed by atoms with Gasteiger partial charge in [-0.05, 0) is 11.4 Å². The molecule has 0 aliphatic rings. The number of amides is 4. The van der Waals surface area contributed by atoms with E-state index in [0.717, 1.165) is 0 Å². The number of carbonyl (C=O) groups excluding carboxylic acids is 2. The fourth-order valence-corrected chi connectivity index (χ4v) is 1.49. The Bertz CT molecular complexity index is 404. The van der Waals surface area contributed by atoms with Crippen molar-refractivity contribution in [2.45, 2.75) is 0 Å². The number of hydrogen-bond acceptors (Lipinski definition) is 7. The monoisotopic (exact) mass is 256 g/mol. The van der Waals surface area contributed by atoms with Gasteiger partial charge in [0.2, 0.25) is 0 Å². The Morgan fingerprint density at radius 2 is 1.71 bits per heavy atom. The second kappa shape index (κ2) is 6.12. The van der Waals surface area contributed by atoms with Crippen LogP contribution < -0.4 is 21.7 Å². The molecule has 0 saturated carbocycles. The molecule has 6 N–H and O–H groups in total. The molecule has 0 saturated heterocycles. The van der Waals surface area contributed by atoms with Crippen LogP contribution in [0.4, 0.5) is 20.3 Å². The second-order valence-electron chi connectivity index (χ2n) is 2.50. The number of hydrogen-bond donors (Lipinski definition) is 6. The topological polar surface area (TPSA) is 155 Å². The van der Waals surface area contributed by atoms with E-state index in [4.69, 9.17) is 11.1 Å². The summed E-state index contributed by atoms with van der Waals surface area (Å²) in [6, 6.07) is -0.0804. The molecule has 0 radical (unpaired) electrons. The Balaban J connectivity index is 2.53. The molecule has 1 aromatic heterocycles. The summed E-state index contributed by atoms with van der Waals surface area (Å²) in [4.78, 5) is 21.4. The lowest BCUT2D eigenvalue weighted by molar-refractivity contribution is 0.248. The van der Waals surface area contributed by atoms with Gasteiger partial charge in [0, 0.05) is 0 Å². The van der Waals surface area contributed by atoms with Crippen molar-refractivity contribution in [3.05, 3.63) is 11.4 Å². The smallest absolute Gasteiger partial charge is 0.294 e. The summed E-state index contributed by atoms with van der Waals surface area (Å²) in [5, 5.41) is 7.42. The first-order chi connectivity index (χ1) is 8.17. The summed E-state index contributed by atoms with van der Waals surface area (Å²) in [5.41, 5.74) is 22.6. The van der Waals surface area contributed by atoms with Crippen LogP contribution in [0.3, 0.4) is 0 Å². The minimum absolute atomic E-state index is 0.470. The molecular weight excluding hydrogens is 248 g/mol. The summed E-state index contributed by atoms with van der Waals surface area (Å²) in [6.07, 6.45) is 0. The molecule has 0 aliphatic carbocycles. The molecule has 10 nitrogen and oxygen atoms in total. The Hall–Kier alpha value is -2.56. The van der Waals surface area contributed by atoms with Crippen molar-refractivity contribution in [2.24, 2.45) is 10.2 Å². The Morgan fingerprint density at radius 3 is 2.29 bits per heavy atom. The van der Waals surface area contributed by atoms with Gasteiger partial charge in [0.25, 0.3) is 0 Å². The molecule has 0 aromatic carbocycles. The van der Waals surface area contributed by atoms with Crippen molar-refractivity contribution in [3.8, 4) is 0 Å². The van der Waals surface area contributed by atoms with Crippen LogP contribution in [-0.2, 0) is 0 Å². The van der Waals surface area contributed by atoms with E-state index in [1.54, 1.807) is 11.4 Å². The predicted molar refractivity (Wildman–Crippen MR) is 58.9 cm³/mol. The summed E-state index contributed by atoms with van der Waals surface area (Å²) in [6.45, 7) is 0. The third kappa shape index (κ3) is 3.83. The largest absolute Gasteiger partial charge is 0.377 e. The molecule has 0 spiro atoms. The fourth-order valence-electron chi connectivity index (χ4n) is 0.791. The molecule has 4 amide bonds. The lowest BCUT2D eigenvalue weighted by Gasteiger charge is -2.08. The number of urea groups is 2. The molecule has 1 rings (SSSR count). The van der Waals surface area contributed by atoms with Gasteiger partial charge in [-0.25, -0.2) is 20.4 Å². The molecule has 0 bridgehead atoms. The highest BCUT2D eigenvalue weighted by Crippen LogP contribution is 2.26. The average molecular weight is 256 g/mol. The molecule has 0 unspecified atom stereocenters. The molecule has 0 atom stereocenters. The van der Waals surface area contributed by atoms with Crippen molar-refractivity contribution in [1.82, 2.24) is 10.9 Å². The minimum Gasteiger partial charge on any atom is -0.294 e. The van der Waals surface area contributed by atoms with E-state index in [9.17, 15) is 9.59 Å². The predicted octanol–water partition coefficient (Wildman–Crippen LogP) is 1.88. The first kappa shape index (κ1) is 12.5. The number of thiophene rings is 1. The third-order valence-electron chi connectivity index (χ3n) is 1.46. The van der Waals surface area contributed by atoms with Gasteiger partial charge in [-0.2, -0.15) is 11.1 Å². The number of nitrogens with one attached hydrogen (secondary N) is 6. The Labute approximate surface area is 98.7 Å². The molecule has 1 heterocycles. The van der Waals surface area contributed by atoms with E-state index in [-0.39, 0.29) is 0 Å². The quantitative estimate of drug-likeness (QED) is 0.359. The fraction of sp³-hybridized carbons (Fsp3) is 0. The molecule has 11 heteroatoms. The maximum atomic E-state index is 10.7. The maximum Gasteiger partial charge on any atom is 0.377 e. The molecule has 1 aromatic rings. The van der Waals surface area contributed by atoms with Gasteiger partial charge in [-0.15, -0.1) is 11.3 Å². The number of anilines is 2. The van der Waals surface area contributed by atoms with Crippen LogP contribution in [0, 0.1) is 11.1 Å². The molecule has 90 valence electrons. The van der Waals surface area contributed by atoms with E-state index in [1.165, 1.54) is 11.3 Å². The van der Waals surface area contributed by atoms with Crippen LogP contribution in [0.2, 0.25) is 0 Å². The number of hydrazine groups is 2. The zero-order chi connectivity index (χ0) is 12.7. The van der Waals surface area contributed by atoms with Crippen molar-refractivity contribution >= 4 is 34.1 Å². The second-order valence-corrected chi connectivity index (χ2v) is 3.41. The standard InChI is InChI=1S/C6H8N8O2S/c7-9-5(15)13-11-3-1-2-17-4(3)12-14-6(16)10-8/h1-2,7-8,11-12H,(H,13,15)(H,14,16). The van der Waals surface area contributed by atoms with Gasteiger partial charge in [0.1, 0.15) is 5.00 Å². The lowest BCUT2D eigenvalue weighted by Crippen LogP contribution is -2.28. The van der Waals surface area contributed by atoms with Crippen LogP contribution in [-0.4, -0.2) is 12.1 Å². The zero-order valence-corrected chi connectivity index (χ0v) is 9.09. The zero-order valence-electron chi connectivity index (χ0n) is 8.27. The summed E-state index contributed by atoms with van der Waals surface area (Å²) >= 11 is 1.24. The average Bonchev–Trinajstić information content (AvgIpc) is 2.80. The SMILES string of the molecule is N=NC(=O)NNc1ccsc1NNC(=O)N=N. The number of carbonyl (C=O) groups is 2. The molecule has 0 fully saturated rings. The van der Waals surface area contributed by atoms with Gasteiger partial charge < -0.3 is 0 Å². The van der Waals surface area contributed by atoms with Crippen molar-refractivity contribution in [2.75, 3.05) is 10.9 Å². The first-order valence-corrected chi connectivity index (χ1v) is 4.99. The highest BCUT2D eigenvalue weighted by Gasteiger charge is 2.05. The van der Waals surface area contributed by atoms with Crippen LogP contribution in [0.5, 0.6) is 0 Å². The van der Waals surface area contributed by atoms with Crippen molar-refractivity contribution in [3.63, 3.8) is 0 Å². The summed E-state index contributed by atoms with van der Waals surface area (Å²) < 4.78 is 0. The van der Waals surface area contributed by atoms with Crippen LogP contribution in [0.1, 0.15) is 0 Å². The van der Waals surface area contributed by atoms with Gasteiger partial charge >= 0.3 is 12.1 Å². The number of rotatable bonds is 4. The van der Waals surface area contributed by atoms with E-state index >= 15 is 0 Å². The van der Waals surface area contributed by atoms with E-state index in [2.05, 4.69) is 31.9 Å². The lowest BCUT2D eigenvalue weighted by atomic mass is 10.5. The highest BCUT2D eigenvalue weighted by molar-refractivity contribution is 7.14. The number of nitrogens with zero attached hydrogens (tertiary/aromatic N) is 2. The van der Waals surface area contributed by atoms with Crippen molar-refractivity contribution in [1.29, 1.82) is 11.1 Å². The Morgan fingerprint density at radius 1 is 1.12 bits per heavy atom. The van der Waals surface area contributed by atoms with Gasteiger partial charge in [0.05, 0.1) is 5.69 Å². The Kier molecular flexibility index (Phi) is 4.50. The molecule has 17 heavy (non-hydrogen) atoms. The van der Waals surface area contributed by atoms with Crippen LogP contribution in [0.15, 0.2) is 21.7 Å². The van der Waals surface area contributed by atoms with E-state index in [0.29, 0.717) is 10.7 Å². The van der Waals surface area contributed by atoms with Gasteiger partial charge in [-0.1, -0.05) is 10.2 Å². The van der Waals surface area contributed by atoms with Crippen LogP contribution >= 0.6 is 11.3 Å². The van der Waals surface area contributed by atoms with E-state index < -0.39 is 12.1 Å². The van der Waals surface area contributed by atoms with Crippen molar-refractivity contribution < 1.29 is 9.59 Å². The highest BCUT2D eigenvalue weighted by atomic mass is 32.1. The molecular formula is C6H8N8O2S. The first-order valence-electron chi connectivity index (χ1n) is 4.11. The van der Waals surface area contributed by atoms with Gasteiger partial charge in [-0.3, -0.25) is 10.9 Å². The van der Waals surface area contributed by atoms with Crippen LogP contribution in [0.25, 0.3) is 0 Å². The minimum atomic E-state index is -0.854. The van der Waals surface area contributed by atoms with Gasteiger partial charge in [0.15, 0.2) is 0 Å². The normalized spacial score (nSPS) is 8.94. The summed E-state index contributed by atoms with van der Waals surface area (Å²) in [5.74, 6) is 0.